The Morgan fingerprint density at radius 1 is 1.60 bits per heavy atom. The molecule has 106 valence electrons. The summed E-state index contributed by atoms with van der Waals surface area (Å²) in [4.78, 5) is 23.9. The molecule has 1 aromatic rings. The second-order valence-corrected chi connectivity index (χ2v) is 6.04. The topological polar surface area (TPSA) is 78.4 Å². The van der Waals surface area contributed by atoms with Crippen molar-refractivity contribution in [1.82, 2.24) is 10.6 Å². The first kappa shape index (κ1) is 14.9. The lowest BCUT2D eigenvalue weighted by Gasteiger charge is -2.09. The van der Waals surface area contributed by atoms with Gasteiger partial charge in [0.25, 0.3) is 5.24 Å². The van der Waals surface area contributed by atoms with Crippen LogP contribution in [0.2, 0.25) is 0 Å². The number of nitrogens with one attached hydrogen (secondary N) is 2. The Morgan fingerprint density at radius 3 is 3.15 bits per heavy atom. The maximum atomic E-state index is 11.9. The average molecular weight is 310 g/mol. The number of amides is 2. The molecule has 1 aliphatic heterocycles. The summed E-state index contributed by atoms with van der Waals surface area (Å²) in [5.41, 5.74) is 0.869. The zero-order chi connectivity index (χ0) is 14.4. The third kappa shape index (κ3) is 4.00. The molecule has 2 amide bonds. The molecule has 1 unspecified atom stereocenters. The van der Waals surface area contributed by atoms with Crippen molar-refractivity contribution in [3.8, 4) is 11.8 Å². The fourth-order valence-corrected chi connectivity index (χ4v) is 3.17. The first-order valence-corrected chi connectivity index (χ1v) is 7.94. The molecular formula is C13H14N2O3S2. The highest BCUT2D eigenvalue weighted by molar-refractivity contribution is 8.14. The lowest BCUT2D eigenvalue weighted by molar-refractivity contribution is -0.122. The Balaban J connectivity index is 1.88. The maximum absolute atomic E-state index is 11.9. The lowest BCUT2D eigenvalue weighted by Crippen LogP contribution is -2.42. The summed E-state index contributed by atoms with van der Waals surface area (Å²) in [6, 6.07) is 1.44. The number of thiophene rings is 1. The van der Waals surface area contributed by atoms with Gasteiger partial charge in [-0.3, -0.25) is 9.59 Å². The summed E-state index contributed by atoms with van der Waals surface area (Å²) in [6.07, 6.45) is 0.437. The quantitative estimate of drug-likeness (QED) is 0.723. The zero-order valence-corrected chi connectivity index (χ0v) is 12.3. The van der Waals surface area contributed by atoms with Gasteiger partial charge in [0.1, 0.15) is 6.04 Å². The molecule has 1 aromatic heterocycles. The minimum Gasteiger partial charge on any atom is -0.395 e. The van der Waals surface area contributed by atoms with Crippen LogP contribution >= 0.6 is 23.1 Å². The van der Waals surface area contributed by atoms with Crippen LogP contribution in [0.3, 0.4) is 0 Å². The van der Waals surface area contributed by atoms with E-state index in [9.17, 15) is 9.59 Å². The Kier molecular flexibility index (Phi) is 5.47. The number of thioether (sulfide) groups is 1. The van der Waals surface area contributed by atoms with Crippen molar-refractivity contribution in [3.63, 3.8) is 0 Å². The van der Waals surface area contributed by atoms with Crippen LogP contribution in [0.4, 0.5) is 4.79 Å². The van der Waals surface area contributed by atoms with E-state index in [2.05, 4.69) is 22.5 Å². The van der Waals surface area contributed by atoms with Crippen LogP contribution < -0.4 is 10.6 Å². The van der Waals surface area contributed by atoms with Gasteiger partial charge in [-0.1, -0.05) is 23.6 Å². The maximum Gasteiger partial charge on any atom is 0.279 e. The molecule has 5 nitrogen and oxygen atoms in total. The van der Waals surface area contributed by atoms with Crippen molar-refractivity contribution in [2.24, 2.45) is 0 Å². The van der Waals surface area contributed by atoms with E-state index in [1.165, 1.54) is 11.3 Å². The molecule has 2 heterocycles. The molecule has 0 spiro atoms. The van der Waals surface area contributed by atoms with Gasteiger partial charge < -0.3 is 15.7 Å². The summed E-state index contributed by atoms with van der Waals surface area (Å²) >= 11 is 2.64. The predicted molar refractivity (Wildman–Crippen MR) is 79.5 cm³/mol. The minimum atomic E-state index is -0.448. The van der Waals surface area contributed by atoms with Gasteiger partial charge in [-0.2, -0.15) is 0 Å². The van der Waals surface area contributed by atoms with Crippen LogP contribution in [0.1, 0.15) is 16.9 Å². The number of carbonyl (C=O) groups is 2. The molecule has 1 atom stereocenters. The molecule has 3 N–H and O–H groups in total. The van der Waals surface area contributed by atoms with Crippen LogP contribution in [0.15, 0.2) is 11.4 Å². The lowest BCUT2D eigenvalue weighted by atomic mass is 10.2. The van der Waals surface area contributed by atoms with Gasteiger partial charge in [0.2, 0.25) is 5.91 Å². The number of aliphatic hydroxyl groups is 1. The van der Waals surface area contributed by atoms with Crippen LogP contribution in [0.5, 0.6) is 0 Å². The number of carbonyl (C=O) groups excluding carboxylic acids is 2. The Morgan fingerprint density at radius 2 is 2.45 bits per heavy atom. The highest BCUT2D eigenvalue weighted by atomic mass is 32.2. The monoisotopic (exact) mass is 310 g/mol. The van der Waals surface area contributed by atoms with Gasteiger partial charge in [0.05, 0.1) is 13.2 Å². The van der Waals surface area contributed by atoms with Gasteiger partial charge in [0.15, 0.2) is 0 Å². The molecule has 2 rings (SSSR count). The van der Waals surface area contributed by atoms with Crippen LogP contribution in [0.25, 0.3) is 0 Å². The molecule has 0 radical (unpaired) electrons. The van der Waals surface area contributed by atoms with Crippen molar-refractivity contribution in [2.75, 3.05) is 12.4 Å². The summed E-state index contributed by atoms with van der Waals surface area (Å²) in [7, 11) is 0. The smallest absolute Gasteiger partial charge is 0.279 e. The van der Waals surface area contributed by atoms with Gasteiger partial charge in [-0.15, -0.1) is 11.3 Å². The fourth-order valence-electron chi connectivity index (χ4n) is 1.62. The third-order valence-corrected chi connectivity index (χ3v) is 4.42. The van der Waals surface area contributed by atoms with Crippen molar-refractivity contribution < 1.29 is 14.7 Å². The van der Waals surface area contributed by atoms with Crippen molar-refractivity contribution in [1.29, 1.82) is 0 Å². The zero-order valence-electron chi connectivity index (χ0n) is 10.6. The highest BCUT2D eigenvalue weighted by Gasteiger charge is 2.27. The van der Waals surface area contributed by atoms with Crippen molar-refractivity contribution >= 4 is 34.2 Å². The summed E-state index contributed by atoms with van der Waals surface area (Å²) in [6.45, 7) is 0.443. The minimum absolute atomic E-state index is 0.0439. The van der Waals surface area contributed by atoms with E-state index in [0.717, 1.165) is 22.2 Å². The van der Waals surface area contributed by atoms with E-state index >= 15 is 0 Å². The van der Waals surface area contributed by atoms with Gasteiger partial charge >= 0.3 is 0 Å². The Labute approximate surface area is 125 Å². The first-order valence-electron chi connectivity index (χ1n) is 6.08. The molecule has 7 heteroatoms. The van der Waals surface area contributed by atoms with E-state index in [-0.39, 0.29) is 17.8 Å². The molecule has 0 bridgehead atoms. The molecule has 0 aromatic carbocycles. The molecular weight excluding hydrogens is 296 g/mol. The van der Waals surface area contributed by atoms with E-state index in [0.29, 0.717) is 18.7 Å². The molecule has 0 aliphatic carbocycles. The van der Waals surface area contributed by atoms with Crippen LogP contribution in [-0.2, 0) is 11.3 Å². The van der Waals surface area contributed by atoms with Crippen molar-refractivity contribution in [2.45, 2.75) is 19.0 Å². The standard InChI is InChI=1S/C13H14N2O3S2/c16-5-2-1-3-9-4-6-19-11(9)7-14-12(17)10-8-20-13(18)15-10/h4,6,10,16H,2,5,7-8H2,(H,14,17)(H,15,18). The number of hydrogen-bond donors (Lipinski definition) is 3. The number of aliphatic hydroxyl groups excluding tert-OH is 1. The number of hydrogen-bond acceptors (Lipinski definition) is 5. The predicted octanol–water partition coefficient (Wildman–Crippen LogP) is 0.923. The van der Waals surface area contributed by atoms with Gasteiger partial charge in [-0.05, 0) is 11.4 Å². The van der Waals surface area contributed by atoms with Gasteiger partial charge in [0, 0.05) is 22.6 Å². The molecule has 1 saturated heterocycles. The van der Waals surface area contributed by atoms with E-state index in [4.69, 9.17) is 5.11 Å². The fraction of sp³-hybridized carbons (Fsp3) is 0.385. The summed E-state index contributed by atoms with van der Waals surface area (Å²) in [5, 5.41) is 15.9. The Hall–Kier alpha value is -1.49. The normalized spacial score (nSPS) is 17.2. The first-order chi connectivity index (χ1) is 9.70. The average Bonchev–Trinajstić information content (AvgIpc) is 3.05. The van der Waals surface area contributed by atoms with Crippen molar-refractivity contribution in [3.05, 3.63) is 21.9 Å². The molecule has 1 aliphatic rings. The third-order valence-electron chi connectivity index (χ3n) is 2.62. The SMILES string of the molecule is O=C1NC(C(=O)NCc2sccc2C#CCCO)CS1. The number of rotatable bonds is 4. The van der Waals surface area contributed by atoms with Crippen LogP contribution in [0, 0.1) is 11.8 Å². The second-order valence-electron chi connectivity index (χ2n) is 4.05. The highest BCUT2D eigenvalue weighted by Crippen LogP contribution is 2.16. The summed E-state index contributed by atoms with van der Waals surface area (Å²) in [5.74, 6) is 6.13. The Bertz CT molecular complexity index is 559. The molecule has 0 saturated carbocycles. The molecule has 20 heavy (non-hydrogen) atoms. The van der Waals surface area contributed by atoms with Gasteiger partial charge in [-0.25, -0.2) is 0 Å². The van der Waals surface area contributed by atoms with Crippen LogP contribution in [-0.4, -0.2) is 34.7 Å². The van der Waals surface area contributed by atoms with E-state index in [1.54, 1.807) is 0 Å². The second kappa shape index (κ2) is 7.33. The summed E-state index contributed by atoms with van der Waals surface area (Å²) < 4.78 is 0. The van der Waals surface area contributed by atoms with E-state index < -0.39 is 6.04 Å². The van der Waals surface area contributed by atoms with E-state index in [1.807, 2.05) is 11.4 Å². The largest absolute Gasteiger partial charge is 0.395 e. The molecule has 1 fully saturated rings.